The van der Waals surface area contributed by atoms with Gasteiger partial charge in [-0.25, -0.2) is 0 Å². The molecule has 1 aliphatic carbocycles. The molecule has 0 bridgehead atoms. The standard InChI is InChI=1S/C14H17N3OS/c1-18-12-6-2-10(3-7-12)14-17-16-13(19-14)8-9-15-11-4-5-11/h2-3,6-7,11,15H,4-5,8-9H2,1H3. The smallest absolute Gasteiger partial charge is 0.147 e. The van der Waals surface area contributed by atoms with Gasteiger partial charge in [0.2, 0.25) is 0 Å². The first-order valence-corrected chi connectivity index (χ1v) is 7.37. The highest BCUT2D eigenvalue weighted by molar-refractivity contribution is 7.14. The average molecular weight is 275 g/mol. The van der Waals surface area contributed by atoms with Crippen LogP contribution in [-0.4, -0.2) is 29.9 Å². The van der Waals surface area contributed by atoms with Gasteiger partial charge in [-0.3, -0.25) is 0 Å². The van der Waals surface area contributed by atoms with Gasteiger partial charge in [0.25, 0.3) is 0 Å². The van der Waals surface area contributed by atoms with Crippen LogP contribution in [0.3, 0.4) is 0 Å². The number of rotatable bonds is 6. The van der Waals surface area contributed by atoms with Crippen LogP contribution in [0.1, 0.15) is 17.8 Å². The molecule has 1 fully saturated rings. The van der Waals surface area contributed by atoms with Crippen LogP contribution in [0.2, 0.25) is 0 Å². The van der Waals surface area contributed by atoms with E-state index >= 15 is 0 Å². The second-order valence-electron chi connectivity index (χ2n) is 4.71. The molecule has 0 unspecified atom stereocenters. The van der Waals surface area contributed by atoms with Gasteiger partial charge in [0.15, 0.2) is 0 Å². The second kappa shape index (κ2) is 5.67. The molecule has 1 N–H and O–H groups in total. The molecule has 1 saturated carbocycles. The number of benzene rings is 1. The van der Waals surface area contributed by atoms with Gasteiger partial charge >= 0.3 is 0 Å². The highest BCUT2D eigenvalue weighted by Gasteiger charge is 2.19. The lowest BCUT2D eigenvalue weighted by Gasteiger charge is -1.99. The van der Waals surface area contributed by atoms with E-state index in [1.807, 2.05) is 24.3 Å². The van der Waals surface area contributed by atoms with E-state index in [0.717, 1.165) is 40.3 Å². The number of nitrogens with zero attached hydrogens (tertiary/aromatic N) is 2. The van der Waals surface area contributed by atoms with Gasteiger partial charge in [-0.15, -0.1) is 10.2 Å². The molecule has 1 aromatic carbocycles. The van der Waals surface area contributed by atoms with Crippen LogP contribution in [0.15, 0.2) is 24.3 Å². The van der Waals surface area contributed by atoms with Crippen LogP contribution < -0.4 is 10.1 Å². The Kier molecular flexibility index (Phi) is 3.75. The number of nitrogens with one attached hydrogen (secondary N) is 1. The summed E-state index contributed by atoms with van der Waals surface area (Å²) < 4.78 is 5.15. The van der Waals surface area contributed by atoms with Crippen LogP contribution >= 0.6 is 11.3 Å². The Morgan fingerprint density at radius 3 is 2.74 bits per heavy atom. The fraction of sp³-hybridized carbons (Fsp3) is 0.429. The number of hydrogen-bond donors (Lipinski definition) is 1. The first-order valence-electron chi connectivity index (χ1n) is 6.55. The Bertz CT molecular complexity index is 534. The number of aromatic nitrogens is 2. The summed E-state index contributed by atoms with van der Waals surface area (Å²) in [6.07, 6.45) is 3.62. The lowest BCUT2D eigenvalue weighted by molar-refractivity contribution is 0.415. The van der Waals surface area contributed by atoms with Gasteiger partial charge in [0.05, 0.1) is 7.11 Å². The topological polar surface area (TPSA) is 47.0 Å². The van der Waals surface area contributed by atoms with Crippen molar-refractivity contribution in [1.82, 2.24) is 15.5 Å². The Hall–Kier alpha value is -1.46. The average Bonchev–Trinajstić information content (AvgIpc) is 3.15. The Labute approximate surface area is 116 Å². The number of hydrogen-bond acceptors (Lipinski definition) is 5. The van der Waals surface area contributed by atoms with E-state index in [-0.39, 0.29) is 0 Å². The number of methoxy groups -OCH3 is 1. The minimum atomic E-state index is 0.758. The third-order valence-electron chi connectivity index (χ3n) is 3.15. The maximum absolute atomic E-state index is 5.15. The summed E-state index contributed by atoms with van der Waals surface area (Å²) in [7, 11) is 1.67. The zero-order chi connectivity index (χ0) is 13.1. The van der Waals surface area contributed by atoms with Crippen molar-refractivity contribution in [2.24, 2.45) is 0 Å². The highest BCUT2D eigenvalue weighted by Crippen LogP contribution is 2.25. The first-order chi connectivity index (χ1) is 9.35. The minimum absolute atomic E-state index is 0.758. The van der Waals surface area contributed by atoms with Crippen molar-refractivity contribution in [3.63, 3.8) is 0 Å². The molecule has 0 spiro atoms. The van der Waals surface area contributed by atoms with Crippen LogP contribution in [-0.2, 0) is 6.42 Å². The van der Waals surface area contributed by atoms with Crippen molar-refractivity contribution in [2.45, 2.75) is 25.3 Å². The molecule has 2 aromatic rings. The summed E-state index contributed by atoms with van der Waals surface area (Å²) in [5.74, 6) is 0.863. The monoisotopic (exact) mass is 275 g/mol. The van der Waals surface area contributed by atoms with Crippen LogP contribution in [0, 0.1) is 0 Å². The Morgan fingerprint density at radius 1 is 1.26 bits per heavy atom. The molecular weight excluding hydrogens is 258 g/mol. The predicted octanol–water partition coefficient (Wildman–Crippen LogP) is 2.51. The first kappa shape index (κ1) is 12.6. The third-order valence-corrected chi connectivity index (χ3v) is 4.19. The van der Waals surface area contributed by atoms with Crippen LogP contribution in [0.4, 0.5) is 0 Å². The van der Waals surface area contributed by atoms with Gasteiger partial charge in [-0.05, 0) is 37.1 Å². The van der Waals surface area contributed by atoms with E-state index in [1.165, 1.54) is 12.8 Å². The quantitative estimate of drug-likeness (QED) is 0.880. The molecule has 0 aliphatic heterocycles. The van der Waals surface area contributed by atoms with Gasteiger partial charge in [-0.1, -0.05) is 11.3 Å². The van der Waals surface area contributed by atoms with E-state index in [1.54, 1.807) is 18.4 Å². The Balaban J connectivity index is 1.61. The van der Waals surface area contributed by atoms with E-state index in [2.05, 4.69) is 15.5 Å². The Morgan fingerprint density at radius 2 is 2.05 bits per heavy atom. The summed E-state index contributed by atoms with van der Waals surface area (Å²) in [6, 6.07) is 8.70. The minimum Gasteiger partial charge on any atom is -0.497 e. The zero-order valence-corrected chi connectivity index (χ0v) is 11.7. The highest BCUT2D eigenvalue weighted by atomic mass is 32.1. The van der Waals surface area contributed by atoms with Crippen molar-refractivity contribution < 1.29 is 4.74 Å². The largest absolute Gasteiger partial charge is 0.497 e. The van der Waals surface area contributed by atoms with Gasteiger partial charge in [0.1, 0.15) is 15.8 Å². The molecule has 1 aliphatic rings. The predicted molar refractivity (Wildman–Crippen MR) is 76.6 cm³/mol. The molecule has 0 saturated heterocycles. The normalized spacial score (nSPS) is 14.6. The molecule has 5 heteroatoms. The van der Waals surface area contributed by atoms with Gasteiger partial charge in [-0.2, -0.15) is 0 Å². The van der Waals surface area contributed by atoms with Crippen molar-refractivity contribution in [3.05, 3.63) is 29.3 Å². The number of ether oxygens (including phenoxy) is 1. The van der Waals surface area contributed by atoms with Crippen molar-refractivity contribution in [3.8, 4) is 16.3 Å². The third kappa shape index (κ3) is 3.30. The van der Waals surface area contributed by atoms with E-state index in [9.17, 15) is 0 Å². The molecule has 3 rings (SSSR count). The maximum Gasteiger partial charge on any atom is 0.147 e. The molecule has 1 aromatic heterocycles. The summed E-state index contributed by atoms with van der Waals surface area (Å²) in [6.45, 7) is 1.00. The molecule has 1 heterocycles. The maximum atomic E-state index is 5.15. The molecular formula is C14H17N3OS. The lowest BCUT2D eigenvalue weighted by Crippen LogP contribution is -2.19. The van der Waals surface area contributed by atoms with Crippen molar-refractivity contribution in [2.75, 3.05) is 13.7 Å². The molecule has 19 heavy (non-hydrogen) atoms. The zero-order valence-electron chi connectivity index (χ0n) is 10.9. The van der Waals surface area contributed by atoms with Crippen molar-refractivity contribution >= 4 is 11.3 Å². The lowest BCUT2D eigenvalue weighted by atomic mass is 10.2. The second-order valence-corrected chi connectivity index (χ2v) is 5.77. The fourth-order valence-electron chi connectivity index (χ4n) is 1.88. The van der Waals surface area contributed by atoms with Gasteiger partial charge < -0.3 is 10.1 Å². The van der Waals surface area contributed by atoms with E-state index in [0.29, 0.717) is 0 Å². The molecule has 4 nitrogen and oxygen atoms in total. The van der Waals surface area contributed by atoms with Crippen LogP contribution in [0.25, 0.3) is 10.6 Å². The molecule has 0 amide bonds. The fourth-order valence-corrected chi connectivity index (χ4v) is 2.72. The summed E-state index contributed by atoms with van der Waals surface area (Å²) in [4.78, 5) is 0. The van der Waals surface area contributed by atoms with Crippen LogP contribution in [0.5, 0.6) is 5.75 Å². The van der Waals surface area contributed by atoms with Gasteiger partial charge in [0, 0.05) is 24.6 Å². The van der Waals surface area contributed by atoms with E-state index < -0.39 is 0 Å². The summed E-state index contributed by atoms with van der Waals surface area (Å²) >= 11 is 1.67. The SMILES string of the molecule is COc1ccc(-c2nnc(CCNC3CC3)s2)cc1. The molecule has 100 valence electrons. The summed E-state index contributed by atoms with van der Waals surface area (Å²) in [5, 5.41) is 14.1. The summed E-state index contributed by atoms with van der Waals surface area (Å²) in [5.41, 5.74) is 1.10. The molecule has 0 atom stereocenters. The van der Waals surface area contributed by atoms with E-state index in [4.69, 9.17) is 4.74 Å². The molecule has 0 radical (unpaired) electrons. The van der Waals surface area contributed by atoms with Crippen molar-refractivity contribution in [1.29, 1.82) is 0 Å².